The van der Waals surface area contributed by atoms with Gasteiger partial charge >= 0.3 is 0 Å². The molecule has 1 aliphatic rings. The molecule has 0 fully saturated rings. The highest BCUT2D eigenvalue weighted by Crippen LogP contribution is 2.24. The average molecular weight is 242 g/mol. The van der Waals surface area contributed by atoms with Crippen molar-refractivity contribution in [3.05, 3.63) is 41.6 Å². The van der Waals surface area contributed by atoms with Crippen LogP contribution < -0.4 is 0 Å². The summed E-state index contributed by atoms with van der Waals surface area (Å²) >= 11 is 1.83. The van der Waals surface area contributed by atoms with E-state index >= 15 is 0 Å². The third kappa shape index (κ3) is 2.07. The summed E-state index contributed by atoms with van der Waals surface area (Å²) < 4.78 is 0. The molecule has 0 saturated carbocycles. The van der Waals surface area contributed by atoms with Crippen LogP contribution in [0.15, 0.2) is 35.5 Å². The summed E-state index contributed by atoms with van der Waals surface area (Å²) in [5.41, 5.74) is 3.46. The Morgan fingerprint density at radius 1 is 1.29 bits per heavy atom. The van der Waals surface area contributed by atoms with Crippen LogP contribution >= 0.6 is 11.8 Å². The molecule has 3 heteroatoms. The van der Waals surface area contributed by atoms with Crippen molar-refractivity contribution in [2.45, 2.75) is 19.9 Å². The third-order valence-electron chi connectivity index (χ3n) is 2.89. The molecule has 3 rings (SSSR count). The number of nitrogens with zero attached hydrogens (tertiary/aromatic N) is 2. The maximum Gasteiger partial charge on any atom is 0.0996 e. The summed E-state index contributed by atoms with van der Waals surface area (Å²) in [5.74, 6) is 1.08. The molecule has 2 nitrogen and oxygen atoms in total. The van der Waals surface area contributed by atoms with E-state index in [0.29, 0.717) is 6.04 Å². The van der Waals surface area contributed by atoms with E-state index in [2.05, 4.69) is 48.1 Å². The minimum absolute atomic E-state index is 0.434. The number of hydrogen-bond acceptors (Lipinski definition) is 3. The quantitative estimate of drug-likeness (QED) is 0.765. The number of fused-ring (bicyclic) bond motifs is 1. The molecule has 0 bridgehead atoms. The van der Waals surface area contributed by atoms with E-state index in [9.17, 15) is 0 Å². The van der Waals surface area contributed by atoms with Crippen LogP contribution in [-0.4, -0.2) is 21.8 Å². The lowest BCUT2D eigenvalue weighted by Crippen LogP contribution is -1.94. The van der Waals surface area contributed by atoms with Crippen molar-refractivity contribution in [1.29, 1.82) is 0 Å². The molecule has 0 spiro atoms. The Balaban J connectivity index is 2.08. The van der Waals surface area contributed by atoms with Crippen LogP contribution in [-0.2, 0) is 0 Å². The van der Waals surface area contributed by atoms with E-state index in [1.54, 1.807) is 0 Å². The Labute approximate surface area is 105 Å². The van der Waals surface area contributed by atoms with E-state index in [-0.39, 0.29) is 0 Å². The lowest BCUT2D eigenvalue weighted by Gasteiger charge is -2.03. The number of pyridine rings is 1. The summed E-state index contributed by atoms with van der Waals surface area (Å²) in [4.78, 5) is 9.14. The SMILES string of the molecule is Cc1ccc2cc(C3=N[C@H](C)CS3)cnc2c1. The summed E-state index contributed by atoms with van der Waals surface area (Å²) in [6, 6.07) is 8.99. The van der Waals surface area contributed by atoms with Crippen LogP contribution in [0.2, 0.25) is 0 Å². The van der Waals surface area contributed by atoms with Crippen LogP contribution in [0.5, 0.6) is 0 Å². The number of aliphatic imine (C=N–C) groups is 1. The number of hydrogen-bond donors (Lipinski definition) is 0. The van der Waals surface area contributed by atoms with Crippen molar-refractivity contribution < 1.29 is 0 Å². The van der Waals surface area contributed by atoms with Gasteiger partial charge in [0.15, 0.2) is 0 Å². The fourth-order valence-corrected chi connectivity index (χ4v) is 2.99. The molecule has 0 saturated heterocycles. The van der Waals surface area contributed by atoms with Crippen molar-refractivity contribution in [2.24, 2.45) is 4.99 Å². The van der Waals surface area contributed by atoms with Gasteiger partial charge in [-0.25, -0.2) is 0 Å². The molecular formula is C14H14N2S. The molecule has 2 aromatic rings. The Kier molecular flexibility index (Phi) is 2.63. The van der Waals surface area contributed by atoms with Crippen molar-refractivity contribution >= 4 is 27.7 Å². The zero-order valence-corrected chi connectivity index (χ0v) is 10.8. The second kappa shape index (κ2) is 4.15. The molecule has 1 atom stereocenters. The van der Waals surface area contributed by atoms with E-state index in [1.165, 1.54) is 10.9 Å². The van der Waals surface area contributed by atoms with E-state index in [4.69, 9.17) is 0 Å². The third-order valence-corrected chi connectivity index (χ3v) is 4.15. The van der Waals surface area contributed by atoms with Crippen molar-refractivity contribution in [3.63, 3.8) is 0 Å². The molecule has 1 aromatic heterocycles. The van der Waals surface area contributed by atoms with Gasteiger partial charge in [0.05, 0.1) is 16.6 Å². The molecule has 0 N–H and O–H groups in total. The number of rotatable bonds is 1. The molecule has 2 heterocycles. The Morgan fingerprint density at radius 2 is 2.18 bits per heavy atom. The van der Waals surface area contributed by atoms with Gasteiger partial charge in [-0.15, -0.1) is 11.8 Å². The van der Waals surface area contributed by atoms with Crippen molar-refractivity contribution in [3.8, 4) is 0 Å². The van der Waals surface area contributed by atoms with Gasteiger partial charge in [0.2, 0.25) is 0 Å². The Bertz CT molecular complexity index is 604. The van der Waals surface area contributed by atoms with Gasteiger partial charge in [-0.05, 0) is 31.5 Å². The first-order chi connectivity index (χ1) is 8.22. The predicted molar refractivity (Wildman–Crippen MR) is 74.9 cm³/mol. The molecule has 0 aliphatic carbocycles. The monoisotopic (exact) mass is 242 g/mol. The van der Waals surface area contributed by atoms with Gasteiger partial charge in [0, 0.05) is 22.9 Å². The zero-order chi connectivity index (χ0) is 11.8. The normalized spacial score (nSPS) is 19.6. The maximum atomic E-state index is 4.62. The maximum absolute atomic E-state index is 4.62. The summed E-state index contributed by atoms with van der Waals surface area (Å²) in [7, 11) is 0. The highest BCUT2D eigenvalue weighted by Gasteiger charge is 2.15. The Morgan fingerprint density at radius 3 is 2.94 bits per heavy atom. The molecule has 0 unspecified atom stereocenters. The van der Waals surface area contributed by atoms with Gasteiger partial charge in [-0.3, -0.25) is 9.98 Å². The van der Waals surface area contributed by atoms with Crippen LogP contribution in [0.25, 0.3) is 10.9 Å². The molecule has 0 radical (unpaired) electrons. The van der Waals surface area contributed by atoms with Gasteiger partial charge in [-0.2, -0.15) is 0 Å². The number of aryl methyl sites for hydroxylation is 1. The minimum Gasteiger partial charge on any atom is -0.274 e. The van der Waals surface area contributed by atoms with Crippen molar-refractivity contribution in [1.82, 2.24) is 4.98 Å². The van der Waals surface area contributed by atoms with Crippen LogP contribution in [0.4, 0.5) is 0 Å². The van der Waals surface area contributed by atoms with Gasteiger partial charge in [0.25, 0.3) is 0 Å². The second-order valence-electron chi connectivity index (χ2n) is 4.51. The van der Waals surface area contributed by atoms with Crippen LogP contribution in [0.1, 0.15) is 18.1 Å². The lowest BCUT2D eigenvalue weighted by molar-refractivity contribution is 0.865. The number of aromatic nitrogens is 1. The van der Waals surface area contributed by atoms with Crippen LogP contribution in [0.3, 0.4) is 0 Å². The molecular weight excluding hydrogens is 228 g/mol. The number of thioether (sulfide) groups is 1. The van der Waals surface area contributed by atoms with Gasteiger partial charge < -0.3 is 0 Å². The molecule has 1 aromatic carbocycles. The first-order valence-electron chi connectivity index (χ1n) is 5.80. The smallest absolute Gasteiger partial charge is 0.0996 e. The van der Waals surface area contributed by atoms with Gasteiger partial charge in [0.1, 0.15) is 0 Å². The van der Waals surface area contributed by atoms with Crippen LogP contribution in [0, 0.1) is 6.92 Å². The molecule has 86 valence electrons. The highest BCUT2D eigenvalue weighted by atomic mass is 32.2. The summed E-state index contributed by atoms with van der Waals surface area (Å²) in [6.45, 7) is 4.24. The average Bonchev–Trinajstić information content (AvgIpc) is 2.75. The second-order valence-corrected chi connectivity index (χ2v) is 5.52. The van der Waals surface area contributed by atoms with Crippen molar-refractivity contribution in [2.75, 3.05) is 5.75 Å². The summed E-state index contributed by atoms with van der Waals surface area (Å²) in [6.07, 6.45) is 1.94. The van der Waals surface area contributed by atoms with E-state index in [1.807, 2.05) is 18.0 Å². The minimum atomic E-state index is 0.434. The fraction of sp³-hybridized carbons (Fsp3) is 0.286. The molecule has 17 heavy (non-hydrogen) atoms. The fourth-order valence-electron chi connectivity index (χ4n) is 1.98. The topological polar surface area (TPSA) is 25.2 Å². The largest absolute Gasteiger partial charge is 0.274 e. The lowest BCUT2D eigenvalue weighted by atomic mass is 10.1. The van der Waals surface area contributed by atoms with Gasteiger partial charge in [-0.1, -0.05) is 12.1 Å². The predicted octanol–water partition coefficient (Wildman–Crippen LogP) is 3.43. The zero-order valence-electron chi connectivity index (χ0n) is 9.97. The molecule has 1 aliphatic heterocycles. The van der Waals surface area contributed by atoms with E-state index in [0.717, 1.165) is 21.9 Å². The first-order valence-corrected chi connectivity index (χ1v) is 6.78. The van der Waals surface area contributed by atoms with E-state index < -0.39 is 0 Å². The summed E-state index contributed by atoms with van der Waals surface area (Å²) in [5, 5.41) is 2.32. The Hall–Kier alpha value is -1.35. The first kappa shape index (κ1) is 10.8. The highest BCUT2D eigenvalue weighted by molar-refractivity contribution is 8.14. The standard InChI is InChI=1S/C14H14N2S/c1-9-3-4-11-6-12(7-15-13(11)5-9)14-16-10(2)8-17-14/h3-7,10H,8H2,1-2H3/t10-/m1/s1. The number of benzene rings is 1. The molecule has 0 amide bonds.